The monoisotopic (exact) mass is 333 g/mol. The van der Waals surface area contributed by atoms with Gasteiger partial charge in [-0.3, -0.25) is 0 Å². The van der Waals surface area contributed by atoms with Crippen LogP contribution in [0.4, 0.5) is 9.18 Å². The van der Waals surface area contributed by atoms with Gasteiger partial charge in [-0.25, -0.2) is 9.18 Å². The summed E-state index contributed by atoms with van der Waals surface area (Å²) in [4.78, 5) is 11.8. The molecule has 3 aromatic rings. The molecule has 1 unspecified atom stereocenters. The molecule has 0 radical (unpaired) electrons. The average molecular weight is 333 g/mol. The summed E-state index contributed by atoms with van der Waals surface area (Å²) < 4.78 is 18.6. The van der Waals surface area contributed by atoms with E-state index >= 15 is 0 Å². The van der Waals surface area contributed by atoms with Gasteiger partial charge in [0.15, 0.2) is 6.10 Å². The van der Waals surface area contributed by atoms with Crippen LogP contribution >= 0.6 is 0 Å². The number of ether oxygens (including phenoxy) is 1. The number of hydrogen-bond donors (Lipinski definition) is 1. The largest absolute Gasteiger partial charge is 0.439 e. The van der Waals surface area contributed by atoms with E-state index in [1.807, 2.05) is 54.6 Å². The molecule has 4 heteroatoms. The highest BCUT2D eigenvalue weighted by Crippen LogP contribution is 2.37. The second-order valence-corrected chi connectivity index (χ2v) is 5.99. The first-order valence-electron chi connectivity index (χ1n) is 8.09. The Labute approximate surface area is 145 Å². The van der Waals surface area contributed by atoms with Gasteiger partial charge in [0.05, 0.1) is 6.04 Å². The zero-order valence-corrected chi connectivity index (χ0v) is 13.4. The standard InChI is InChI=1S/C21H16FNO2/c22-18-11-9-15(10-12-18)20-19(23-21(24)25-20)17-8-4-7-16(13-17)14-5-2-1-3-6-14/h1-13,19-20H,(H,23,24)/t19-,20?/m1/s1. The Morgan fingerprint density at radius 3 is 2.28 bits per heavy atom. The highest BCUT2D eigenvalue weighted by Gasteiger charge is 2.36. The number of nitrogens with one attached hydrogen (secondary N) is 1. The van der Waals surface area contributed by atoms with Gasteiger partial charge in [0.2, 0.25) is 0 Å². The third kappa shape index (κ3) is 3.11. The molecule has 0 aromatic heterocycles. The van der Waals surface area contributed by atoms with Crippen LogP contribution in [0.3, 0.4) is 0 Å². The van der Waals surface area contributed by atoms with Crippen molar-refractivity contribution in [3.8, 4) is 11.1 Å². The molecule has 25 heavy (non-hydrogen) atoms. The van der Waals surface area contributed by atoms with E-state index in [-0.39, 0.29) is 11.9 Å². The number of cyclic esters (lactones) is 1. The minimum Gasteiger partial charge on any atom is -0.439 e. The molecule has 1 aliphatic heterocycles. The number of alkyl carbamates (subject to hydrolysis) is 1. The Bertz CT molecular complexity index is 893. The van der Waals surface area contributed by atoms with E-state index in [9.17, 15) is 9.18 Å². The summed E-state index contributed by atoms with van der Waals surface area (Å²) in [6, 6.07) is 23.8. The van der Waals surface area contributed by atoms with Gasteiger partial charge in [0.25, 0.3) is 0 Å². The predicted molar refractivity (Wildman–Crippen MR) is 93.4 cm³/mol. The Morgan fingerprint density at radius 2 is 1.52 bits per heavy atom. The summed E-state index contributed by atoms with van der Waals surface area (Å²) in [6.45, 7) is 0. The molecule has 0 bridgehead atoms. The van der Waals surface area contributed by atoms with Crippen molar-refractivity contribution in [1.82, 2.24) is 5.32 Å². The molecule has 1 amide bonds. The minimum atomic E-state index is -0.487. The van der Waals surface area contributed by atoms with Crippen LogP contribution in [0.2, 0.25) is 0 Å². The van der Waals surface area contributed by atoms with E-state index in [0.717, 1.165) is 22.3 Å². The lowest BCUT2D eigenvalue weighted by molar-refractivity contribution is 0.132. The second kappa shape index (κ2) is 6.40. The van der Waals surface area contributed by atoms with Crippen LogP contribution in [0.25, 0.3) is 11.1 Å². The topological polar surface area (TPSA) is 38.3 Å². The van der Waals surface area contributed by atoms with Gasteiger partial charge in [0, 0.05) is 0 Å². The van der Waals surface area contributed by atoms with E-state index in [4.69, 9.17) is 4.74 Å². The van der Waals surface area contributed by atoms with Crippen molar-refractivity contribution in [3.63, 3.8) is 0 Å². The molecule has 3 aromatic carbocycles. The number of benzene rings is 3. The smallest absolute Gasteiger partial charge is 0.408 e. The molecule has 1 saturated heterocycles. The van der Waals surface area contributed by atoms with Gasteiger partial charge in [-0.15, -0.1) is 0 Å². The zero-order valence-electron chi connectivity index (χ0n) is 13.4. The van der Waals surface area contributed by atoms with Crippen LogP contribution in [0, 0.1) is 5.82 Å². The molecule has 0 aliphatic carbocycles. The molecule has 1 N–H and O–H groups in total. The Hall–Kier alpha value is -3.14. The van der Waals surface area contributed by atoms with Gasteiger partial charge < -0.3 is 10.1 Å². The van der Waals surface area contributed by atoms with Crippen molar-refractivity contribution in [1.29, 1.82) is 0 Å². The molecular formula is C21H16FNO2. The molecule has 124 valence electrons. The zero-order chi connectivity index (χ0) is 17.2. The van der Waals surface area contributed by atoms with Crippen molar-refractivity contribution in [2.45, 2.75) is 12.1 Å². The number of hydrogen-bond acceptors (Lipinski definition) is 2. The highest BCUT2D eigenvalue weighted by atomic mass is 19.1. The van der Waals surface area contributed by atoms with E-state index in [1.165, 1.54) is 12.1 Å². The van der Waals surface area contributed by atoms with E-state index in [1.54, 1.807) is 12.1 Å². The molecule has 1 heterocycles. The highest BCUT2D eigenvalue weighted by molar-refractivity contribution is 5.72. The number of carbonyl (C=O) groups excluding carboxylic acids is 1. The van der Waals surface area contributed by atoms with Gasteiger partial charge in [0.1, 0.15) is 5.82 Å². The quantitative estimate of drug-likeness (QED) is 0.731. The van der Waals surface area contributed by atoms with Gasteiger partial charge >= 0.3 is 6.09 Å². The first kappa shape index (κ1) is 15.4. The normalized spacial score (nSPS) is 19.3. The predicted octanol–water partition coefficient (Wildman–Crippen LogP) is 5.01. The van der Waals surface area contributed by atoms with E-state index < -0.39 is 12.2 Å². The van der Waals surface area contributed by atoms with Gasteiger partial charge in [-0.2, -0.15) is 0 Å². The maximum atomic E-state index is 13.2. The van der Waals surface area contributed by atoms with Crippen molar-refractivity contribution in [3.05, 3.63) is 95.8 Å². The van der Waals surface area contributed by atoms with Crippen molar-refractivity contribution in [2.75, 3.05) is 0 Å². The third-order valence-electron chi connectivity index (χ3n) is 4.36. The van der Waals surface area contributed by atoms with E-state index in [2.05, 4.69) is 5.32 Å². The van der Waals surface area contributed by atoms with Crippen LogP contribution in [-0.4, -0.2) is 6.09 Å². The van der Waals surface area contributed by atoms with Gasteiger partial charge in [-0.1, -0.05) is 60.7 Å². The van der Waals surface area contributed by atoms with Crippen molar-refractivity contribution < 1.29 is 13.9 Å². The maximum absolute atomic E-state index is 13.2. The number of halogens is 1. The maximum Gasteiger partial charge on any atom is 0.408 e. The summed E-state index contributed by atoms with van der Waals surface area (Å²) in [5, 5.41) is 2.86. The Morgan fingerprint density at radius 1 is 0.800 bits per heavy atom. The molecule has 1 fully saturated rings. The average Bonchev–Trinajstić information content (AvgIpc) is 3.05. The van der Waals surface area contributed by atoms with Crippen LogP contribution in [0.1, 0.15) is 23.3 Å². The van der Waals surface area contributed by atoms with Crippen LogP contribution in [0.5, 0.6) is 0 Å². The van der Waals surface area contributed by atoms with Gasteiger partial charge in [-0.05, 0) is 40.5 Å². The SMILES string of the molecule is O=C1N[C@H](c2cccc(-c3ccccc3)c2)C(c2ccc(F)cc2)O1. The lowest BCUT2D eigenvalue weighted by Gasteiger charge is -2.18. The lowest BCUT2D eigenvalue weighted by Crippen LogP contribution is -2.19. The Kier molecular flexibility index (Phi) is 3.94. The summed E-state index contributed by atoms with van der Waals surface area (Å²) in [6.07, 6.45) is -0.955. The summed E-state index contributed by atoms with van der Waals surface area (Å²) in [5.41, 5.74) is 3.88. The summed E-state index contributed by atoms with van der Waals surface area (Å²) in [7, 11) is 0. The first-order chi connectivity index (χ1) is 12.2. The molecule has 3 nitrogen and oxygen atoms in total. The Balaban J connectivity index is 1.70. The van der Waals surface area contributed by atoms with E-state index in [0.29, 0.717) is 0 Å². The first-order valence-corrected chi connectivity index (χ1v) is 8.09. The molecule has 2 atom stereocenters. The molecule has 0 saturated carbocycles. The number of rotatable bonds is 3. The molecule has 4 rings (SSSR count). The van der Waals surface area contributed by atoms with Crippen LogP contribution < -0.4 is 5.32 Å². The fourth-order valence-electron chi connectivity index (χ4n) is 3.13. The summed E-state index contributed by atoms with van der Waals surface area (Å²) >= 11 is 0. The second-order valence-electron chi connectivity index (χ2n) is 5.99. The van der Waals surface area contributed by atoms with Crippen LogP contribution in [0.15, 0.2) is 78.9 Å². The fourth-order valence-corrected chi connectivity index (χ4v) is 3.13. The number of carbonyl (C=O) groups is 1. The summed E-state index contributed by atoms with van der Waals surface area (Å²) in [5.74, 6) is -0.316. The minimum absolute atomic E-state index is 0.316. The van der Waals surface area contributed by atoms with Crippen molar-refractivity contribution in [2.24, 2.45) is 0 Å². The molecule has 0 spiro atoms. The lowest BCUT2D eigenvalue weighted by atomic mass is 9.94. The molecular weight excluding hydrogens is 317 g/mol. The number of amides is 1. The van der Waals surface area contributed by atoms with Crippen LogP contribution in [-0.2, 0) is 4.74 Å². The third-order valence-corrected chi connectivity index (χ3v) is 4.36. The van der Waals surface area contributed by atoms with Crippen molar-refractivity contribution >= 4 is 6.09 Å². The fraction of sp³-hybridized carbons (Fsp3) is 0.0952. The molecule has 1 aliphatic rings.